The van der Waals surface area contributed by atoms with E-state index in [0.29, 0.717) is 59.1 Å². The molecule has 0 heterocycles. The number of carbonyl (C=O) groups is 2. The van der Waals surface area contributed by atoms with Crippen molar-refractivity contribution < 1.29 is 38.4 Å². The molecule has 0 radical (unpaired) electrons. The first kappa shape index (κ1) is 19.9. The van der Waals surface area contributed by atoms with E-state index in [1.54, 1.807) is 0 Å². The van der Waals surface area contributed by atoms with Gasteiger partial charge in [-0.25, -0.2) is 0 Å². The van der Waals surface area contributed by atoms with Crippen LogP contribution < -0.4 is 0 Å². The molecule has 0 aromatic heterocycles. The zero-order chi connectivity index (χ0) is 15.6. The fourth-order valence-electron chi connectivity index (χ4n) is 1.17. The first-order valence-electron chi connectivity index (χ1n) is 6.81. The van der Waals surface area contributed by atoms with Crippen LogP contribution in [0.5, 0.6) is 0 Å². The van der Waals surface area contributed by atoms with E-state index in [-0.39, 0.29) is 19.6 Å². The van der Waals surface area contributed by atoms with E-state index in [1.165, 1.54) is 0 Å². The van der Waals surface area contributed by atoms with Crippen molar-refractivity contribution in [1.82, 2.24) is 0 Å². The van der Waals surface area contributed by atoms with Gasteiger partial charge in [-0.1, -0.05) is 0 Å². The topological polar surface area (TPSA) is 101 Å². The van der Waals surface area contributed by atoms with Crippen LogP contribution in [0.25, 0.3) is 0 Å². The molecule has 8 heteroatoms. The van der Waals surface area contributed by atoms with Crippen LogP contribution in [-0.4, -0.2) is 83.4 Å². The molecule has 0 aliphatic heterocycles. The van der Waals surface area contributed by atoms with E-state index in [2.05, 4.69) is 0 Å². The highest BCUT2D eigenvalue weighted by Crippen LogP contribution is 1.85. The van der Waals surface area contributed by atoms with Gasteiger partial charge in [0.05, 0.1) is 65.9 Å². The molecule has 21 heavy (non-hydrogen) atoms. The second-order valence-electron chi connectivity index (χ2n) is 3.83. The SMILES string of the molecule is O=CCOCCOCCOCCOCCOCCC(=O)O. The fourth-order valence-corrected chi connectivity index (χ4v) is 1.17. The summed E-state index contributed by atoms with van der Waals surface area (Å²) >= 11 is 0. The summed E-state index contributed by atoms with van der Waals surface area (Å²) in [5.74, 6) is -0.873. The number of rotatable bonds is 17. The number of carbonyl (C=O) groups excluding carboxylic acids is 1. The summed E-state index contributed by atoms with van der Waals surface area (Å²) in [6.07, 6.45) is 0.698. The van der Waals surface area contributed by atoms with E-state index in [4.69, 9.17) is 28.8 Å². The van der Waals surface area contributed by atoms with Crippen molar-refractivity contribution in [2.75, 3.05) is 66.1 Å². The van der Waals surface area contributed by atoms with Crippen molar-refractivity contribution in [3.8, 4) is 0 Å². The quantitative estimate of drug-likeness (QED) is 0.290. The monoisotopic (exact) mass is 308 g/mol. The molecule has 1 N–H and O–H groups in total. The smallest absolute Gasteiger partial charge is 0.305 e. The Balaban J connectivity index is 2.96. The van der Waals surface area contributed by atoms with Gasteiger partial charge in [0.15, 0.2) is 0 Å². The van der Waals surface area contributed by atoms with Crippen LogP contribution in [0.2, 0.25) is 0 Å². The lowest BCUT2D eigenvalue weighted by molar-refractivity contribution is -0.138. The highest BCUT2D eigenvalue weighted by Gasteiger charge is 1.96. The summed E-state index contributed by atoms with van der Waals surface area (Å²) in [5.41, 5.74) is 0. The molecule has 0 aromatic carbocycles. The lowest BCUT2D eigenvalue weighted by atomic mass is 10.5. The minimum Gasteiger partial charge on any atom is -0.481 e. The van der Waals surface area contributed by atoms with Gasteiger partial charge in [-0.05, 0) is 0 Å². The number of hydrogen-bond donors (Lipinski definition) is 1. The summed E-state index contributed by atoms with van der Waals surface area (Å²) in [4.78, 5) is 20.1. The molecule has 0 aliphatic rings. The zero-order valence-corrected chi connectivity index (χ0v) is 12.2. The number of carboxylic acids is 1. The van der Waals surface area contributed by atoms with Gasteiger partial charge in [-0.15, -0.1) is 0 Å². The van der Waals surface area contributed by atoms with Crippen LogP contribution in [0.15, 0.2) is 0 Å². The average Bonchev–Trinajstić information content (AvgIpc) is 2.46. The summed E-state index contributed by atoms with van der Waals surface area (Å²) in [6.45, 7) is 3.73. The Labute approximate surface area is 124 Å². The fraction of sp³-hybridized carbons (Fsp3) is 0.846. The van der Waals surface area contributed by atoms with Crippen LogP contribution in [0.4, 0.5) is 0 Å². The molecule has 0 aliphatic carbocycles. The predicted octanol–water partition coefficient (Wildman–Crippen LogP) is -0.257. The van der Waals surface area contributed by atoms with Gasteiger partial charge in [0, 0.05) is 0 Å². The number of hydrogen-bond acceptors (Lipinski definition) is 7. The Kier molecular flexibility index (Phi) is 16.1. The van der Waals surface area contributed by atoms with Gasteiger partial charge < -0.3 is 33.6 Å². The van der Waals surface area contributed by atoms with Crippen molar-refractivity contribution >= 4 is 12.3 Å². The zero-order valence-electron chi connectivity index (χ0n) is 12.2. The van der Waals surface area contributed by atoms with Crippen molar-refractivity contribution in [1.29, 1.82) is 0 Å². The van der Waals surface area contributed by atoms with Gasteiger partial charge in [-0.3, -0.25) is 4.79 Å². The lowest BCUT2D eigenvalue weighted by Gasteiger charge is -2.07. The maximum atomic E-state index is 10.2. The molecule has 0 aromatic rings. The third kappa shape index (κ3) is 18.9. The second-order valence-corrected chi connectivity index (χ2v) is 3.83. The standard InChI is InChI=1S/C13H24O8/c14-2-4-18-6-8-20-10-12-21-11-9-19-7-5-17-3-1-13(15)16/h2H,1,3-12H2,(H,15,16). The Bertz CT molecular complexity index is 246. The molecule has 124 valence electrons. The highest BCUT2D eigenvalue weighted by atomic mass is 16.6. The van der Waals surface area contributed by atoms with Crippen LogP contribution in [0, 0.1) is 0 Å². The van der Waals surface area contributed by atoms with Crippen LogP contribution in [0.3, 0.4) is 0 Å². The summed E-state index contributed by atoms with van der Waals surface area (Å²) in [7, 11) is 0. The van der Waals surface area contributed by atoms with Crippen LogP contribution >= 0.6 is 0 Å². The van der Waals surface area contributed by atoms with E-state index in [9.17, 15) is 9.59 Å². The molecule has 0 saturated heterocycles. The van der Waals surface area contributed by atoms with Crippen molar-refractivity contribution in [3.05, 3.63) is 0 Å². The van der Waals surface area contributed by atoms with Crippen molar-refractivity contribution in [2.45, 2.75) is 6.42 Å². The molecule has 0 bridgehead atoms. The largest absolute Gasteiger partial charge is 0.481 e. The van der Waals surface area contributed by atoms with E-state index in [0.717, 1.165) is 0 Å². The number of aliphatic carboxylic acids is 1. The molecule has 0 spiro atoms. The summed E-state index contributed by atoms with van der Waals surface area (Å²) in [5, 5.41) is 8.37. The maximum absolute atomic E-state index is 10.2. The molecule has 0 unspecified atom stereocenters. The molecule has 0 atom stereocenters. The third-order valence-electron chi connectivity index (χ3n) is 2.13. The number of ether oxygens (including phenoxy) is 5. The Morgan fingerprint density at radius 1 is 0.714 bits per heavy atom. The van der Waals surface area contributed by atoms with Gasteiger partial charge in [-0.2, -0.15) is 0 Å². The molecule has 0 rings (SSSR count). The molecule has 0 saturated carbocycles. The third-order valence-corrected chi connectivity index (χ3v) is 2.13. The maximum Gasteiger partial charge on any atom is 0.305 e. The normalized spacial score (nSPS) is 10.7. The molecular weight excluding hydrogens is 284 g/mol. The predicted molar refractivity (Wildman–Crippen MR) is 72.4 cm³/mol. The molecule has 0 fully saturated rings. The van der Waals surface area contributed by atoms with Gasteiger partial charge in [0.2, 0.25) is 0 Å². The Morgan fingerprint density at radius 3 is 1.48 bits per heavy atom. The first-order valence-corrected chi connectivity index (χ1v) is 6.81. The molecular formula is C13H24O8. The van der Waals surface area contributed by atoms with Gasteiger partial charge in [0.25, 0.3) is 0 Å². The average molecular weight is 308 g/mol. The summed E-state index contributed by atoms with van der Waals surface area (Å²) < 4.78 is 25.6. The Morgan fingerprint density at radius 2 is 1.10 bits per heavy atom. The van der Waals surface area contributed by atoms with Crippen molar-refractivity contribution in [3.63, 3.8) is 0 Å². The lowest BCUT2D eigenvalue weighted by Crippen LogP contribution is -2.13. The summed E-state index contributed by atoms with van der Waals surface area (Å²) in [6, 6.07) is 0. The highest BCUT2D eigenvalue weighted by molar-refractivity contribution is 5.66. The van der Waals surface area contributed by atoms with E-state index >= 15 is 0 Å². The van der Waals surface area contributed by atoms with Crippen LogP contribution in [-0.2, 0) is 33.3 Å². The van der Waals surface area contributed by atoms with Gasteiger partial charge >= 0.3 is 5.97 Å². The Hall–Kier alpha value is -1.06. The second kappa shape index (κ2) is 17.0. The molecule has 8 nitrogen and oxygen atoms in total. The first-order chi connectivity index (χ1) is 10.3. The minimum absolute atomic E-state index is 0.00327. The van der Waals surface area contributed by atoms with Gasteiger partial charge in [0.1, 0.15) is 12.9 Å². The minimum atomic E-state index is -0.873. The van der Waals surface area contributed by atoms with Crippen LogP contribution in [0.1, 0.15) is 6.42 Å². The number of carboxylic acid groups (broad SMARTS) is 1. The van der Waals surface area contributed by atoms with E-state index in [1.807, 2.05) is 0 Å². The molecule has 0 amide bonds. The van der Waals surface area contributed by atoms with E-state index < -0.39 is 5.97 Å². The van der Waals surface area contributed by atoms with Crippen molar-refractivity contribution in [2.24, 2.45) is 0 Å². The number of aldehydes is 1.